The molecule has 0 spiro atoms. The molecule has 0 unspecified atom stereocenters. The SMILES string of the molecule is CN=C(NCCCN(C)CCOC)NCCc1ccc(OC)cc1Cl.I. The summed E-state index contributed by atoms with van der Waals surface area (Å²) < 4.78 is 10.2. The predicted octanol–water partition coefficient (Wildman–Crippen LogP) is 2.64. The first kappa shape index (κ1) is 25.2. The first-order valence-corrected chi connectivity index (χ1v) is 8.93. The first-order valence-electron chi connectivity index (χ1n) is 8.55. The molecule has 0 amide bonds. The average molecular weight is 499 g/mol. The molecular formula is C18H32ClIN4O2. The zero-order chi connectivity index (χ0) is 18.5. The smallest absolute Gasteiger partial charge is 0.190 e. The van der Waals surface area contributed by atoms with Crippen molar-refractivity contribution in [2.24, 2.45) is 4.99 Å². The number of nitrogens with one attached hydrogen (secondary N) is 2. The van der Waals surface area contributed by atoms with E-state index in [9.17, 15) is 0 Å². The van der Waals surface area contributed by atoms with Crippen molar-refractivity contribution in [3.8, 4) is 5.75 Å². The lowest BCUT2D eigenvalue weighted by atomic mass is 10.1. The zero-order valence-electron chi connectivity index (χ0n) is 16.2. The lowest BCUT2D eigenvalue weighted by Crippen LogP contribution is -2.39. The van der Waals surface area contributed by atoms with E-state index in [4.69, 9.17) is 21.1 Å². The maximum atomic E-state index is 6.26. The fraction of sp³-hybridized carbons (Fsp3) is 0.611. The number of nitrogens with zero attached hydrogens (tertiary/aromatic N) is 2. The minimum absolute atomic E-state index is 0. The van der Waals surface area contributed by atoms with Crippen LogP contribution in [0.15, 0.2) is 23.2 Å². The van der Waals surface area contributed by atoms with E-state index in [2.05, 4.69) is 27.6 Å². The van der Waals surface area contributed by atoms with Crippen LogP contribution >= 0.6 is 35.6 Å². The number of guanidine groups is 1. The Labute approximate surface area is 179 Å². The first-order chi connectivity index (χ1) is 12.1. The molecule has 1 aromatic carbocycles. The van der Waals surface area contributed by atoms with Crippen molar-refractivity contribution in [3.05, 3.63) is 28.8 Å². The summed E-state index contributed by atoms with van der Waals surface area (Å²) in [6, 6.07) is 5.76. The topological polar surface area (TPSA) is 58.1 Å². The predicted molar refractivity (Wildman–Crippen MR) is 120 cm³/mol. The molecule has 1 aromatic rings. The quantitative estimate of drug-likeness (QED) is 0.213. The van der Waals surface area contributed by atoms with Crippen LogP contribution in [0.5, 0.6) is 5.75 Å². The number of benzene rings is 1. The van der Waals surface area contributed by atoms with Gasteiger partial charge in [-0.1, -0.05) is 17.7 Å². The molecular weight excluding hydrogens is 467 g/mol. The summed E-state index contributed by atoms with van der Waals surface area (Å²) in [5, 5.41) is 7.36. The Morgan fingerprint density at radius 1 is 1.19 bits per heavy atom. The Hall–Kier alpha value is -0.770. The number of aliphatic imine (C=N–C) groups is 1. The van der Waals surface area contributed by atoms with E-state index < -0.39 is 0 Å². The molecule has 0 bridgehead atoms. The molecule has 150 valence electrons. The van der Waals surface area contributed by atoms with E-state index >= 15 is 0 Å². The maximum Gasteiger partial charge on any atom is 0.190 e. The van der Waals surface area contributed by atoms with Crippen molar-refractivity contribution < 1.29 is 9.47 Å². The number of hydrogen-bond acceptors (Lipinski definition) is 4. The van der Waals surface area contributed by atoms with Gasteiger partial charge in [-0.05, 0) is 44.1 Å². The Balaban J connectivity index is 0.00000625. The zero-order valence-corrected chi connectivity index (χ0v) is 19.3. The van der Waals surface area contributed by atoms with E-state index in [1.165, 1.54) is 0 Å². The van der Waals surface area contributed by atoms with Gasteiger partial charge in [0.25, 0.3) is 0 Å². The molecule has 1 rings (SSSR count). The summed E-state index contributed by atoms with van der Waals surface area (Å²) in [5.41, 5.74) is 1.09. The van der Waals surface area contributed by atoms with Gasteiger partial charge in [0.2, 0.25) is 0 Å². The highest BCUT2D eigenvalue weighted by atomic mass is 127. The van der Waals surface area contributed by atoms with Crippen LogP contribution in [0.2, 0.25) is 5.02 Å². The van der Waals surface area contributed by atoms with Crippen LogP contribution in [-0.2, 0) is 11.2 Å². The molecule has 0 saturated heterocycles. The molecule has 6 nitrogen and oxygen atoms in total. The molecule has 26 heavy (non-hydrogen) atoms. The van der Waals surface area contributed by atoms with Gasteiger partial charge >= 0.3 is 0 Å². The van der Waals surface area contributed by atoms with Gasteiger partial charge in [0.15, 0.2) is 5.96 Å². The van der Waals surface area contributed by atoms with Crippen LogP contribution in [-0.4, -0.2) is 72.0 Å². The van der Waals surface area contributed by atoms with Crippen molar-refractivity contribution in [2.75, 3.05) is 61.1 Å². The normalized spacial score (nSPS) is 11.2. The van der Waals surface area contributed by atoms with Crippen LogP contribution in [0.25, 0.3) is 0 Å². The second kappa shape index (κ2) is 15.3. The summed E-state index contributed by atoms with van der Waals surface area (Å²) in [5.74, 6) is 1.58. The minimum Gasteiger partial charge on any atom is -0.497 e. The fourth-order valence-corrected chi connectivity index (χ4v) is 2.57. The van der Waals surface area contributed by atoms with Crippen LogP contribution < -0.4 is 15.4 Å². The molecule has 8 heteroatoms. The molecule has 0 saturated carbocycles. The summed E-state index contributed by atoms with van der Waals surface area (Å²) in [6.45, 7) is 4.38. The lowest BCUT2D eigenvalue weighted by molar-refractivity contribution is 0.161. The van der Waals surface area contributed by atoms with E-state index in [0.29, 0.717) is 0 Å². The van der Waals surface area contributed by atoms with Gasteiger partial charge in [0.1, 0.15) is 5.75 Å². The third-order valence-corrected chi connectivity index (χ3v) is 4.21. The van der Waals surface area contributed by atoms with Gasteiger partial charge in [0.05, 0.1) is 13.7 Å². The van der Waals surface area contributed by atoms with Crippen LogP contribution in [0, 0.1) is 0 Å². The summed E-state index contributed by atoms with van der Waals surface area (Å²) in [7, 11) is 7.24. The van der Waals surface area contributed by atoms with Gasteiger partial charge in [-0.3, -0.25) is 4.99 Å². The Kier molecular flexibility index (Phi) is 14.9. The number of rotatable bonds is 11. The van der Waals surface area contributed by atoms with Crippen molar-refractivity contribution in [1.29, 1.82) is 0 Å². The number of hydrogen-bond donors (Lipinski definition) is 2. The van der Waals surface area contributed by atoms with E-state index in [1.54, 1.807) is 21.3 Å². The highest BCUT2D eigenvalue weighted by Crippen LogP contribution is 2.22. The van der Waals surface area contributed by atoms with E-state index in [1.807, 2.05) is 18.2 Å². The molecule has 0 aliphatic heterocycles. The third-order valence-electron chi connectivity index (χ3n) is 3.86. The van der Waals surface area contributed by atoms with Crippen LogP contribution in [0.3, 0.4) is 0 Å². The van der Waals surface area contributed by atoms with Gasteiger partial charge in [-0.15, -0.1) is 24.0 Å². The lowest BCUT2D eigenvalue weighted by Gasteiger charge is -2.17. The fourth-order valence-electron chi connectivity index (χ4n) is 2.31. The average Bonchev–Trinajstić information content (AvgIpc) is 2.62. The monoisotopic (exact) mass is 498 g/mol. The van der Waals surface area contributed by atoms with Gasteiger partial charge in [-0.25, -0.2) is 0 Å². The maximum absolute atomic E-state index is 6.26. The number of methoxy groups -OCH3 is 2. The van der Waals surface area contributed by atoms with Crippen molar-refractivity contribution in [3.63, 3.8) is 0 Å². The Bertz CT molecular complexity index is 532. The molecule has 0 radical (unpaired) electrons. The molecule has 0 atom stereocenters. The standard InChI is InChI=1S/C18H31ClN4O2.HI/c1-20-18(21-9-5-11-23(2)12-13-24-3)22-10-8-15-6-7-16(25-4)14-17(15)19;/h6-7,14H,5,8-13H2,1-4H3,(H2,20,21,22);1H. The van der Waals surface area contributed by atoms with Gasteiger partial charge < -0.3 is 25.0 Å². The second-order valence-electron chi connectivity index (χ2n) is 5.78. The molecule has 0 aliphatic rings. The highest BCUT2D eigenvalue weighted by Gasteiger charge is 2.04. The van der Waals surface area contributed by atoms with Crippen molar-refractivity contribution >= 4 is 41.5 Å². The third kappa shape index (κ3) is 10.4. The minimum atomic E-state index is 0. The van der Waals surface area contributed by atoms with Crippen molar-refractivity contribution in [2.45, 2.75) is 12.8 Å². The number of halogens is 2. The summed E-state index contributed by atoms with van der Waals surface area (Å²) in [6.07, 6.45) is 1.87. The summed E-state index contributed by atoms with van der Waals surface area (Å²) >= 11 is 6.26. The van der Waals surface area contributed by atoms with E-state index in [-0.39, 0.29) is 24.0 Å². The van der Waals surface area contributed by atoms with Crippen LogP contribution in [0.4, 0.5) is 0 Å². The van der Waals surface area contributed by atoms with Crippen LogP contribution in [0.1, 0.15) is 12.0 Å². The molecule has 2 N–H and O–H groups in total. The number of ether oxygens (including phenoxy) is 2. The molecule has 0 fully saturated rings. The van der Waals surface area contributed by atoms with Crippen molar-refractivity contribution in [1.82, 2.24) is 15.5 Å². The second-order valence-corrected chi connectivity index (χ2v) is 6.19. The number of likely N-dealkylation sites (N-methyl/N-ethyl adjacent to an activating group) is 1. The highest BCUT2D eigenvalue weighted by molar-refractivity contribution is 14.0. The van der Waals surface area contributed by atoms with Gasteiger partial charge in [-0.2, -0.15) is 0 Å². The largest absolute Gasteiger partial charge is 0.497 e. The molecule has 0 aromatic heterocycles. The molecule has 0 aliphatic carbocycles. The molecule has 0 heterocycles. The Morgan fingerprint density at radius 3 is 2.54 bits per heavy atom. The summed E-state index contributed by atoms with van der Waals surface area (Å²) in [4.78, 5) is 6.50. The van der Waals surface area contributed by atoms with Gasteiger partial charge in [0, 0.05) is 38.8 Å². The Morgan fingerprint density at radius 2 is 1.92 bits per heavy atom. The van der Waals surface area contributed by atoms with E-state index in [0.717, 1.165) is 67.9 Å².